The molecule has 0 aromatic heterocycles. The standard InChI is InChI=1S/C29H34N2O8/c1-7-29(8-2,27-30-21(25(32)36-5)23(38-27)17-9-13-19(34-3)14-10-17)28-31-22(26(33)37-6)24(39-28)18-11-15-20(35-4)16-12-18/h9-16,21-24H,7-8H2,1-6H3/t21-,22+,23-,24-/m0/s1. The minimum atomic E-state index is -0.930. The van der Waals surface area contributed by atoms with Gasteiger partial charge < -0.3 is 28.4 Å². The third kappa shape index (κ3) is 5.15. The van der Waals surface area contributed by atoms with Crippen LogP contribution >= 0.6 is 0 Å². The fourth-order valence-corrected chi connectivity index (χ4v) is 4.92. The van der Waals surface area contributed by atoms with E-state index in [2.05, 4.69) is 0 Å². The number of aliphatic imine (C=N–C) groups is 2. The summed E-state index contributed by atoms with van der Waals surface area (Å²) >= 11 is 0. The molecule has 0 N–H and O–H groups in total. The summed E-state index contributed by atoms with van der Waals surface area (Å²) in [5.74, 6) is 0.921. The van der Waals surface area contributed by atoms with E-state index in [4.69, 9.17) is 38.4 Å². The molecule has 4 atom stereocenters. The first-order valence-corrected chi connectivity index (χ1v) is 12.8. The van der Waals surface area contributed by atoms with Gasteiger partial charge in [-0.3, -0.25) is 0 Å². The van der Waals surface area contributed by atoms with Crippen molar-refractivity contribution < 1.29 is 38.0 Å². The van der Waals surface area contributed by atoms with Crippen molar-refractivity contribution in [2.45, 2.75) is 51.0 Å². The average Bonchev–Trinajstić information content (AvgIpc) is 3.64. The number of hydrogen-bond donors (Lipinski definition) is 0. The Bertz CT molecular complexity index is 1140. The van der Waals surface area contributed by atoms with Crippen LogP contribution in [-0.2, 0) is 28.5 Å². The predicted octanol–water partition coefficient (Wildman–Crippen LogP) is 4.23. The Morgan fingerprint density at radius 2 is 1.05 bits per heavy atom. The van der Waals surface area contributed by atoms with Crippen LogP contribution in [0.5, 0.6) is 11.5 Å². The molecule has 0 saturated heterocycles. The molecule has 0 radical (unpaired) electrons. The van der Waals surface area contributed by atoms with E-state index in [1.807, 2.05) is 38.1 Å². The molecule has 0 saturated carbocycles. The SMILES string of the molecule is CCC(CC)(C1=N[C@H](C(=O)OC)[C@H](c2ccc(OC)cc2)O1)C1=N[C@@H](C(=O)OC)[C@H](c2ccc(OC)cc2)O1. The molecule has 0 spiro atoms. The van der Waals surface area contributed by atoms with E-state index in [0.29, 0.717) is 36.1 Å². The van der Waals surface area contributed by atoms with E-state index in [9.17, 15) is 9.59 Å². The molecule has 4 rings (SSSR count). The number of carbonyl (C=O) groups is 2. The number of methoxy groups -OCH3 is 4. The van der Waals surface area contributed by atoms with E-state index in [1.165, 1.54) is 14.2 Å². The molecule has 0 unspecified atom stereocenters. The van der Waals surface area contributed by atoms with Gasteiger partial charge in [-0.15, -0.1) is 0 Å². The highest BCUT2D eigenvalue weighted by Gasteiger charge is 2.53. The zero-order valence-electron chi connectivity index (χ0n) is 23.0. The Morgan fingerprint density at radius 3 is 1.33 bits per heavy atom. The first-order valence-electron chi connectivity index (χ1n) is 12.8. The number of ether oxygens (including phenoxy) is 6. The Labute approximate surface area is 227 Å². The highest BCUT2D eigenvalue weighted by Crippen LogP contribution is 2.44. The van der Waals surface area contributed by atoms with Crippen LogP contribution in [0.1, 0.15) is 50.0 Å². The molecule has 0 bridgehead atoms. The lowest BCUT2D eigenvalue weighted by atomic mass is 9.81. The molecule has 2 aromatic carbocycles. The Morgan fingerprint density at radius 1 is 0.692 bits per heavy atom. The second-order valence-electron chi connectivity index (χ2n) is 9.22. The maximum atomic E-state index is 12.8. The lowest BCUT2D eigenvalue weighted by Gasteiger charge is -2.31. The van der Waals surface area contributed by atoms with Gasteiger partial charge in [0.2, 0.25) is 11.8 Å². The van der Waals surface area contributed by atoms with Gasteiger partial charge in [-0.2, -0.15) is 0 Å². The number of carbonyl (C=O) groups excluding carboxylic acids is 2. The molecule has 2 heterocycles. The number of rotatable bonds is 10. The molecule has 0 amide bonds. The van der Waals surface area contributed by atoms with Gasteiger partial charge in [0.05, 0.1) is 28.4 Å². The number of nitrogens with zero attached hydrogens (tertiary/aromatic N) is 2. The summed E-state index contributed by atoms with van der Waals surface area (Å²) in [4.78, 5) is 35.0. The highest BCUT2D eigenvalue weighted by molar-refractivity contribution is 6.08. The van der Waals surface area contributed by atoms with Crippen LogP contribution in [0.2, 0.25) is 0 Å². The Kier molecular flexibility index (Phi) is 8.42. The van der Waals surface area contributed by atoms with Crippen LogP contribution in [0.4, 0.5) is 0 Å². The van der Waals surface area contributed by atoms with Crippen molar-refractivity contribution in [3.63, 3.8) is 0 Å². The molecule has 0 aliphatic carbocycles. The van der Waals surface area contributed by atoms with Crippen molar-refractivity contribution in [1.82, 2.24) is 0 Å². The molecule has 2 aromatic rings. The number of esters is 2. The molecule has 2 aliphatic heterocycles. The number of hydrogen-bond acceptors (Lipinski definition) is 10. The third-order valence-corrected chi connectivity index (χ3v) is 7.36. The minimum Gasteiger partial charge on any atom is -0.497 e. The lowest BCUT2D eigenvalue weighted by Crippen LogP contribution is -2.39. The predicted molar refractivity (Wildman–Crippen MR) is 143 cm³/mol. The molecule has 10 heteroatoms. The molecule has 0 fully saturated rings. The first-order chi connectivity index (χ1) is 18.8. The van der Waals surface area contributed by atoms with Gasteiger partial charge in [0.25, 0.3) is 0 Å². The van der Waals surface area contributed by atoms with Gasteiger partial charge in [0.1, 0.15) is 16.9 Å². The van der Waals surface area contributed by atoms with Crippen molar-refractivity contribution >= 4 is 23.7 Å². The van der Waals surface area contributed by atoms with Crippen molar-refractivity contribution in [2.75, 3.05) is 28.4 Å². The quantitative estimate of drug-likeness (QED) is 0.413. The van der Waals surface area contributed by atoms with Crippen LogP contribution in [0, 0.1) is 5.41 Å². The second-order valence-corrected chi connectivity index (χ2v) is 9.22. The minimum absolute atomic E-state index is 0.307. The van der Waals surface area contributed by atoms with Gasteiger partial charge in [0.15, 0.2) is 24.3 Å². The van der Waals surface area contributed by atoms with Gasteiger partial charge in [0, 0.05) is 0 Å². The second kappa shape index (κ2) is 11.8. The van der Waals surface area contributed by atoms with Gasteiger partial charge in [-0.25, -0.2) is 19.6 Å². The van der Waals surface area contributed by atoms with E-state index in [-0.39, 0.29) is 0 Å². The summed E-state index contributed by atoms with van der Waals surface area (Å²) in [6.07, 6.45) is -0.445. The van der Waals surface area contributed by atoms with Crippen molar-refractivity contribution in [3.8, 4) is 11.5 Å². The summed E-state index contributed by atoms with van der Waals surface area (Å²) in [6, 6.07) is 12.6. The number of benzene rings is 2. The third-order valence-electron chi connectivity index (χ3n) is 7.36. The Hall–Kier alpha value is -4.08. The zero-order valence-corrected chi connectivity index (χ0v) is 23.0. The van der Waals surface area contributed by atoms with E-state index >= 15 is 0 Å². The van der Waals surface area contributed by atoms with Crippen molar-refractivity contribution in [1.29, 1.82) is 0 Å². The fourth-order valence-electron chi connectivity index (χ4n) is 4.92. The molecule has 39 heavy (non-hydrogen) atoms. The largest absolute Gasteiger partial charge is 0.497 e. The summed E-state index contributed by atoms with van der Waals surface area (Å²) in [5, 5.41) is 0. The van der Waals surface area contributed by atoms with Crippen LogP contribution in [0.25, 0.3) is 0 Å². The van der Waals surface area contributed by atoms with E-state index in [0.717, 1.165) is 11.1 Å². The molecule has 2 aliphatic rings. The molecular formula is C29H34N2O8. The van der Waals surface area contributed by atoms with Crippen molar-refractivity contribution in [2.24, 2.45) is 15.4 Å². The van der Waals surface area contributed by atoms with Crippen LogP contribution in [-0.4, -0.2) is 64.3 Å². The Balaban J connectivity index is 1.72. The van der Waals surface area contributed by atoms with E-state index < -0.39 is 41.6 Å². The van der Waals surface area contributed by atoms with Gasteiger partial charge in [-0.05, 0) is 48.2 Å². The smallest absolute Gasteiger partial charge is 0.335 e. The van der Waals surface area contributed by atoms with Crippen molar-refractivity contribution in [3.05, 3.63) is 59.7 Å². The topological polar surface area (TPSA) is 114 Å². The zero-order chi connectivity index (χ0) is 28.2. The first kappa shape index (κ1) is 27.9. The summed E-state index contributed by atoms with van der Waals surface area (Å²) < 4.78 is 33.5. The lowest BCUT2D eigenvalue weighted by molar-refractivity contribution is -0.144. The van der Waals surface area contributed by atoms with Crippen LogP contribution in [0.3, 0.4) is 0 Å². The highest BCUT2D eigenvalue weighted by atomic mass is 16.6. The average molecular weight is 539 g/mol. The molecular weight excluding hydrogens is 504 g/mol. The summed E-state index contributed by atoms with van der Waals surface area (Å²) in [5.41, 5.74) is 0.550. The van der Waals surface area contributed by atoms with Crippen LogP contribution in [0.15, 0.2) is 58.5 Å². The summed E-state index contributed by atoms with van der Waals surface area (Å²) in [7, 11) is 5.80. The fraction of sp³-hybridized carbons (Fsp3) is 0.448. The summed E-state index contributed by atoms with van der Waals surface area (Å²) in [6.45, 7) is 3.92. The maximum Gasteiger partial charge on any atom is 0.335 e. The normalized spacial score (nSPS) is 22.2. The van der Waals surface area contributed by atoms with Crippen LogP contribution < -0.4 is 9.47 Å². The molecule has 10 nitrogen and oxygen atoms in total. The molecule has 208 valence electrons. The maximum absolute atomic E-state index is 12.8. The van der Waals surface area contributed by atoms with Gasteiger partial charge >= 0.3 is 11.9 Å². The van der Waals surface area contributed by atoms with E-state index in [1.54, 1.807) is 38.5 Å². The monoisotopic (exact) mass is 538 g/mol. The van der Waals surface area contributed by atoms with Gasteiger partial charge in [-0.1, -0.05) is 38.1 Å².